The van der Waals surface area contributed by atoms with E-state index in [0.717, 1.165) is 0 Å². The summed E-state index contributed by atoms with van der Waals surface area (Å²) in [6.07, 6.45) is 0. The summed E-state index contributed by atoms with van der Waals surface area (Å²) >= 11 is 0. The molecular formula is C10H15N2O2P. The SMILES string of the molecule is CNc1ccc(P(C)(C)=O)cc1C(N)=O. The summed E-state index contributed by atoms with van der Waals surface area (Å²) in [6.45, 7) is 3.32. The zero-order valence-electron chi connectivity index (χ0n) is 9.07. The van der Waals surface area contributed by atoms with Crippen molar-refractivity contribution >= 4 is 24.0 Å². The molecule has 0 aliphatic rings. The highest BCUT2D eigenvalue weighted by atomic mass is 31.2. The Labute approximate surface area is 89.2 Å². The van der Waals surface area contributed by atoms with Crippen molar-refractivity contribution in [3.63, 3.8) is 0 Å². The summed E-state index contributed by atoms with van der Waals surface area (Å²) in [6, 6.07) is 5.06. The summed E-state index contributed by atoms with van der Waals surface area (Å²) in [4.78, 5) is 11.2. The van der Waals surface area contributed by atoms with Gasteiger partial charge in [0.25, 0.3) is 5.91 Å². The third kappa shape index (κ3) is 2.60. The van der Waals surface area contributed by atoms with Gasteiger partial charge in [0.15, 0.2) is 0 Å². The zero-order chi connectivity index (χ0) is 11.6. The molecule has 5 heteroatoms. The fourth-order valence-electron chi connectivity index (χ4n) is 1.29. The molecule has 82 valence electrons. The molecular weight excluding hydrogens is 211 g/mol. The van der Waals surface area contributed by atoms with Gasteiger partial charge >= 0.3 is 0 Å². The lowest BCUT2D eigenvalue weighted by Gasteiger charge is -2.11. The molecule has 0 aliphatic heterocycles. The van der Waals surface area contributed by atoms with Gasteiger partial charge in [-0.05, 0) is 31.5 Å². The van der Waals surface area contributed by atoms with Crippen LogP contribution in [0.15, 0.2) is 18.2 Å². The molecule has 0 aromatic heterocycles. The third-order valence-corrected chi connectivity index (χ3v) is 3.68. The van der Waals surface area contributed by atoms with Gasteiger partial charge in [0, 0.05) is 18.0 Å². The summed E-state index contributed by atoms with van der Waals surface area (Å²) in [5.41, 5.74) is 6.26. The summed E-state index contributed by atoms with van der Waals surface area (Å²) in [7, 11) is -0.643. The molecule has 0 radical (unpaired) electrons. The predicted octanol–water partition coefficient (Wildman–Crippen LogP) is 1.08. The number of hydrogen-bond acceptors (Lipinski definition) is 3. The topological polar surface area (TPSA) is 72.2 Å². The number of anilines is 1. The Balaban J connectivity index is 3.35. The van der Waals surface area contributed by atoms with Crippen molar-refractivity contribution in [1.82, 2.24) is 0 Å². The normalized spacial score (nSPS) is 11.1. The Morgan fingerprint density at radius 2 is 2.00 bits per heavy atom. The van der Waals surface area contributed by atoms with Crippen LogP contribution in [0.1, 0.15) is 10.4 Å². The van der Waals surface area contributed by atoms with Gasteiger partial charge in [-0.25, -0.2) is 0 Å². The Morgan fingerprint density at radius 3 is 2.40 bits per heavy atom. The van der Waals surface area contributed by atoms with E-state index in [1.54, 1.807) is 38.6 Å². The van der Waals surface area contributed by atoms with E-state index in [4.69, 9.17) is 5.73 Å². The van der Waals surface area contributed by atoms with Gasteiger partial charge in [-0.1, -0.05) is 0 Å². The molecule has 0 bridgehead atoms. The first-order valence-corrected chi connectivity index (χ1v) is 7.13. The maximum atomic E-state index is 11.8. The van der Waals surface area contributed by atoms with Crippen LogP contribution in [0.5, 0.6) is 0 Å². The average Bonchev–Trinajstić information content (AvgIpc) is 2.15. The summed E-state index contributed by atoms with van der Waals surface area (Å²) < 4.78 is 11.8. The lowest BCUT2D eigenvalue weighted by molar-refractivity contribution is 0.100. The van der Waals surface area contributed by atoms with Gasteiger partial charge in [-0.15, -0.1) is 0 Å². The molecule has 1 rings (SSSR count). The van der Waals surface area contributed by atoms with E-state index in [1.165, 1.54) is 0 Å². The van der Waals surface area contributed by atoms with Gasteiger partial charge < -0.3 is 15.6 Å². The minimum absolute atomic E-state index is 0.374. The van der Waals surface area contributed by atoms with E-state index in [9.17, 15) is 9.36 Å². The molecule has 1 aromatic rings. The third-order valence-electron chi connectivity index (χ3n) is 2.16. The lowest BCUT2D eigenvalue weighted by atomic mass is 10.1. The van der Waals surface area contributed by atoms with Crippen molar-refractivity contribution in [1.29, 1.82) is 0 Å². The highest BCUT2D eigenvalue weighted by molar-refractivity contribution is 7.70. The van der Waals surface area contributed by atoms with Gasteiger partial charge in [0.1, 0.15) is 7.14 Å². The van der Waals surface area contributed by atoms with Gasteiger partial charge in [-0.2, -0.15) is 0 Å². The molecule has 0 atom stereocenters. The first kappa shape index (κ1) is 11.8. The molecule has 3 N–H and O–H groups in total. The van der Waals surface area contributed by atoms with Crippen LogP contribution in [0.2, 0.25) is 0 Å². The number of primary amides is 1. The predicted molar refractivity (Wildman–Crippen MR) is 63.6 cm³/mol. The minimum Gasteiger partial charge on any atom is -0.387 e. The molecule has 0 spiro atoms. The van der Waals surface area contributed by atoms with E-state index < -0.39 is 13.0 Å². The smallest absolute Gasteiger partial charge is 0.250 e. The number of nitrogens with two attached hydrogens (primary N) is 1. The van der Waals surface area contributed by atoms with E-state index >= 15 is 0 Å². The Bertz CT molecular complexity index is 437. The highest BCUT2D eigenvalue weighted by Crippen LogP contribution is 2.35. The van der Waals surface area contributed by atoms with Gasteiger partial charge in [-0.3, -0.25) is 4.79 Å². The fourth-order valence-corrected chi connectivity index (χ4v) is 2.16. The van der Waals surface area contributed by atoms with Crippen molar-refractivity contribution in [3.05, 3.63) is 23.8 Å². The number of carbonyl (C=O) groups is 1. The molecule has 1 aromatic carbocycles. The van der Waals surface area contributed by atoms with E-state index in [0.29, 0.717) is 16.6 Å². The van der Waals surface area contributed by atoms with Crippen LogP contribution in [-0.2, 0) is 4.57 Å². The quantitative estimate of drug-likeness (QED) is 0.757. The molecule has 0 unspecified atom stereocenters. The zero-order valence-corrected chi connectivity index (χ0v) is 9.97. The second-order valence-electron chi connectivity index (χ2n) is 3.70. The van der Waals surface area contributed by atoms with Crippen LogP contribution in [0.25, 0.3) is 0 Å². The molecule has 0 heterocycles. The Morgan fingerprint density at radius 1 is 1.40 bits per heavy atom. The van der Waals surface area contributed by atoms with Crippen LogP contribution >= 0.6 is 7.14 Å². The molecule has 0 fully saturated rings. The van der Waals surface area contributed by atoms with E-state index in [1.807, 2.05) is 0 Å². The van der Waals surface area contributed by atoms with Crippen molar-refractivity contribution in [2.24, 2.45) is 5.73 Å². The van der Waals surface area contributed by atoms with E-state index in [2.05, 4.69) is 5.32 Å². The fraction of sp³-hybridized carbons (Fsp3) is 0.300. The van der Waals surface area contributed by atoms with Crippen LogP contribution in [0.4, 0.5) is 5.69 Å². The highest BCUT2D eigenvalue weighted by Gasteiger charge is 2.15. The maximum Gasteiger partial charge on any atom is 0.250 e. The number of hydrogen-bond donors (Lipinski definition) is 2. The number of amides is 1. The first-order valence-electron chi connectivity index (χ1n) is 4.53. The Kier molecular flexibility index (Phi) is 3.20. The standard InChI is InChI=1S/C10H15N2O2P/c1-12-9-5-4-7(15(2,3)14)6-8(9)10(11)13/h4-6,12H,1-3H3,(H2,11,13). The molecule has 1 amide bonds. The number of carbonyl (C=O) groups excluding carboxylic acids is 1. The van der Waals surface area contributed by atoms with Gasteiger partial charge in [0.05, 0.1) is 5.56 Å². The van der Waals surface area contributed by atoms with Crippen LogP contribution < -0.4 is 16.4 Å². The van der Waals surface area contributed by atoms with Crippen LogP contribution in [-0.4, -0.2) is 26.3 Å². The number of benzene rings is 1. The maximum absolute atomic E-state index is 11.8. The van der Waals surface area contributed by atoms with Crippen LogP contribution in [0.3, 0.4) is 0 Å². The molecule has 0 saturated heterocycles. The number of nitrogens with one attached hydrogen (secondary N) is 1. The lowest BCUT2D eigenvalue weighted by Crippen LogP contribution is -2.16. The van der Waals surface area contributed by atoms with Crippen LogP contribution in [0, 0.1) is 0 Å². The first-order chi connectivity index (χ1) is 6.86. The van der Waals surface area contributed by atoms with Crippen molar-refractivity contribution in [3.8, 4) is 0 Å². The Hall–Kier alpha value is -1.28. The molecule has 0 saturated carbocycles. The van der Waals surface area contributed by atoms with Crippen molar-refractivity contribution < 1.29 is 9.36 Å². The summed E-state index contributed by atoms with van der Waals surface area (Å²) in [5.74, 6) is -0.519. The molecule has 4 nitrogen and oxygen atoms in total. The van der Waals surface area contributed by atoms with Gasteiger partial charge in [0.2, 0.25) is 0 Å². The van der Waals surface area contributed by atoms with Crippen molar-refractivity contribution in [2.45, 2.75) is 0 Å². The van der Waals surface area contributed by atoms with E-state index in [-0.39, 0.29) is 0 Å². The largest absolute Gasteiger partial charge is 0.387 e. The minimum atomic E-state index is -2.35. The molecule has 15 heavy (non-hydrogen) atoms. The average molecular weight is 226 g/mol. The second-order valence-corrected chi connectivity index (χ2v) is 6.91. The summed E-state index contributed by atoms with van der Waals surface area (Å²) in [5, 5.41) is 3.53. The van der Waals surface area contributed by atoms with Crippen molar-refractivity contribution in [2.75, 3.05) is 25.7 Å². The second kappa shape index (κ2) is 4.07. The monoisotopic (exact) mass is 226 g/mol. The molecule has 0 aliphatic carbocycles. The number of rotatable bonds is 3.